The minimum absolute atomic E-state index is 0.510. The van der Waals surface area contributed by atoms with Crippen molar-refractivity contribution < 1.29 is 9.53 Å². The van der Waals surface area contributed by atoms with Crippen molar-refractivity contribution in [2.45, 2.75) is 25.8 Å². The van der Waals surface area contributed by atoms with Gasteiger partial charge in [-0.1, -0.05) is 18.2 Å². The van der Waals surface area contributed by atoms with Crippen molar-refractivity contribution in [1.82, 2.24) is 4.98 Å². The third-order valence-corrected chi connectivity index (χ3v) is 3.80. The molecule has 0 aliphatic carbocycles. The summed E-state index contributed by atoms with van der Waals surface area (Å²) < 4.78 is 5.18. The number of anilines is 2. The Morgan fingerprint density at radius 1 is 1.27 bits per heavy atom. The normalized spacial score (nSPS) is 17.3. The Balaban J connectivity index is 1.60. The molecule has 0 spiro atoms. The van der Waals surface area contributed by atoms with Crippen molar-refractivity contribution in [2.24, 2.45) is 0 Å². The summed E-state index contributed by atoms with van der Waals surface area (Å²) in [6.45, 7) is 3.25. The fourth-order valence-corrected chi connectivity index (χ4v) is 2.64. The average Bonchev–Trinajstić information content (AvgIpc) is 2.95. The van der Waals surface area contributed by atoms with Gasteiger partial charge in [-0.15, -0.1) is 0 Å². The quantitative estimate of drug-likeness (QED) is 0.939. The number of nitrogens with one attached hydrogen (secondary N) is 1. The van der Waals surface area contributed by atoms with E-state index in [0.29, 0.717) is 17.5 Å². The molecule has 5 nitrogen and oxygen atoms in total. The van der Waals surface area contributed by atoms with Crippen LogP contribution in [0.2, 0.25) is 0 Å². The summed E-state index contributed by atoms with van der Waals surface area (Å²) in [6.07, 6.45) is 3.54. The Labute approximate surface area is 129 Å². The number of hydrogen-bond donors (Lipinski definition) is 1. The molecule has 1 aromatic carbocycles. The highest BCUT2D eigenvalue weighted by Gasteiger charge is 2.21. The molecule has 1 fully saturated rings. The van der Waals surface area contributed by atoms with E-state index in [4.69, 9.17) is 4.74 Å². The number of hydrogen-bond acceptors (Lipinski definition) is 4. The minimum atomic E-state index is -0.518. The molecule has 1 atom stereocenters. The molecular formula is C17H19N3O2. The molecule has 114 valence electrons. The van der Waals surface area contributed by atoms with E-state index in [9.17, 15) is 4.79 Å². The van der Waals surface area contributed by atoms with E-state index in [1.807, 2.05) is 30.3 Å². The van der Waals surface area contributed by atoms with Crippen LogP contribution in [0.1, 0.15) is 19.8 Å². The SMILES string of the molecule is C[C@H]1CCCN1c1ccc(NC(=O)Oc2ccccc2)cn1. The molecule has 22 heavy (non-hydrogen) atoms. The summed E-state index contributed by atoms with van der Waals surface area (Å²) in [4.78, 5) is 18.5. The molecule has 0 radical (unpaired) electrons. The van der Waals surface area contributed by atoms with Crippen molar-refractivity contribution in [1.29, 1.82) is 0 Å². The number of ether oxygens (including phenoxy) is 1. The second-order valence-electron chi connectivity index (χ2n) is 5.42. The predicted octanol–water partition coefficient (Wildman–Crippen LogP) is 3.68. The van der Waals surface area contributed by atoms with Crippen LogP contribution in [0.25, 0.3) is 0 Å². The Kier molecular flexibility index (Phi) is 4.23. The van der Waals surface area contributed by atoms with Gasteiger partial charge in [0.15, 0.2) is 0 Å². The first-order chi connectivity index (χ1) is 10.7. The number of carbonyl (C=O) groups is 1. The second kappa shape index (κ2) is 6.47. The van der Waals surface area contributed by atoms with Crippen LogP contribution in [0, 0.1) is 0 Å². The van der Waals surface area contributed by atoms with E-state index in [2.05, 4.69) is 22.1 Å². The van der Waals surface area contributed by atoms with Crippen molar-refractivity contribution in [2.75, 3.05) is 16.8 Å². The molecule has 1 saturated heterocycles. The summed E-state index contributed by atoms with van der Waals surface area (Å²) in [5.41, 5.74) is 0.622. The molecule has 1 aromatic heterocycles. The lowest BCUT2D eigenvalue weighted by Crippen LogP contribution is -2.27. The Morgan fingerprint density at radius 3 is 2.73 bits per heavy atom. The van der Waals surface area contributed by atoms with Gasteiger partial charge in [0.2, 0.25) is 0 Å². The third-order valence-electron chi connectivity index (χ3n) is 3.80. The van der Waals surface area contributed by atoms with Crippen LogP contribution < -0.4 is 15.0 Å². The van der Waals surface area contributed by atoms with Gasteiger partial charge < -0.3 is 9.64 Å². The summed E-state index contributed by atoms with van der Waals surface area (Å²) in [6, 6.07) is 13.3. The Morgan fingerprint density at radius 2 is 2.09 bits per heavy atom. The van der Waals surface area contributed by atoms with Crippen LogP contribution in [0.4, 0.5) is 16.3 Å². The number of aromatic nitrogens is 1. The average molecular weight is 297 g/mol. The molecule has 1 N–H and O–H groups in total. The van der Waals surface area contributed by atoms with Gasteiger partial charge in [-0.3, -0.25) is 5.32 Å². The molecule has 2 aromatic rings. The van der Waals surface area contributed by atoms with Crippen LogP contribution >= 0.6 is 0 Å². The fraction of sp³-hybridized carbons (Fsp3) is 0.294. The minimum Gasteiger partial charge on any atom is -0.410 e. The van der Waals surface area contributed by atoms with Gasteiger partial charge in [-0.05, 0) is 44.0 Å². The smallest absolute Gasteiger partial charge is 0.410 e. The standard InChI is InChI=1S/C17H19N3O2/c1-13-6-5-11-20(13)16-10-9-14(12-18-16)19-17(21)22-15-7-3-2-4-8-15/h2-4,7-10,12-13H,5-6,11H2,1H3,(H,19,21)/t13-/m0/s1. The number of carbonyl (C=O) groups excluding carboxylic acids is 1. The zero-order valence-corrected chi connectivity index (χ0v) is 12.5. The molecule has 0 saturated carbocycles. The highest BCUT2D eigenvalue weighted by atomic mass is 16.6. The molecule has 3 rings (SSSR count). The maximum atomic E-state index is 11.8. The zero-order valence-electron chi connectivity index (χ0n) is 12.5. The first-order valence-corrected chi connectivity index (χ1v) is 7.49. The van der Waals surface area contributed by atoms with Crippen molar-refractivity contribution in [3.63, 3.8) is 0 Å². The van der Waals surface area contributed by atoms with E-state index < -0.39 is 6.09 Å². The maximum absolute atomic E-state index is 11.8. The van der Waals surface area contributed by atoms with Crippen LogP contribution in [0.15, 0.2) is 48.7 Å². The van der Waals surface area contributed by atoms with Crippen LogP contribution in [0.5, 0.6) is 5.75 Å². The molecule has 1 amide bonds. The lowest BCUT2D eigenvalue weighted by atomic mass is 10.2. The lowest BCUT2D eigenvalue weighted by Gasteiger charge is -2.22. The molecule has 1 aliphatic heterocycles. The first kappa shape index (κ1) is 14.4. The summed E-state index contributed by atoms with van der Waals surface area (Å²) in [7, 11) is 0. The van der Waals surface area contributed by atoms with Gasteiger partial charge in [0, 0.05) is 12.6 Å². The van der Waals surface area contributed by atoms with Gasteiger partial charge in [0.1, 0.15) is 11.6 Å². The Bertz CT molecular complexity index is 628. The third kappa shape index (κ3) is 3.36. The van der Waals surface area contributed by atoms with Crippen LogP contribution in [-0.2, 0) is 0 Å². The van der Waals surface area contributed by atoms with Crippen molar-refractivity contribution in [3.8, 4) is 5.75 Å². The van der Waals surface area contributed by atoms with E-state index >= 15 is 0 Å². The molecule has 5 heteroatoms. The number of amides is 1. The highest BCUT2D eigenvalue weighted by molar-refractivity contribution is 5.86. The van der Waals surface area contributed by atoms with Crippen molar-refractivity contribution >= 4 is 17.6 Å². The van der Waals surface area contributed by atoms with Crippen LogP contribution in [-0.4, -0.2) is 23.7 Å². The number of pyridine rings is 1. The number of para-hydroxylation sites is 1. The number of nitrogens with zero attached hydrogens (tertiary/aromatic N) is 2. The van der Waals surface area contributed by atoms with Crippen LogP contribution in [0.3, 0.4) is 0 Å². The largest absolute Gasteiger partial charge is 0.417 e. The topological polar surface area (TPSA) is 54.5 Å². The zero-order chi connectivity index (χ0) is 15.4. The molecular weight excluding hydrogens is 278 g/mol. The molecule has 2 heterocycles. The van der Waals surface area contributed by atoms with Gasteiger partial charge >= 0.3 is 6.09 Å². The maximum Gasteiger partial charge on any atom is 0.417 e. The van der Waals surface area contributed by atoms with E-state index in [1.54, 1.807) is 18.3 Å². The first-order valence-electron chi connectivity index (χ1n) is 7.49. The van der Waals surface area contributed by atoms with Gasteiger partial charge in [-0.25, -0.2) is 9.78 Å². The number of rotatable bonds is 3. The highest BCUT2D eigenvalue weighted by Crippen LogP contribution is 2.24. The molecule has 0 bridgehead atoms. The molecule has 1 aliphatic rings. The van der Waals surface area contributed by atoms with Gasteiger partial charge in [0.25, 0.3) is 0 Å². The monoisotopic (exact) mass is 297 g/mol. The fourth-order valence-electron chi connectivity index (χ4n) is 2.64. The van der Waals surface area contributed by atoms with E-state index in [0.717, 1.165) is 12.4 Å². The molecule has 0 unspecified atom stereocenters. The number of benzene rings is 1. The van der Waals surface area contributed by atoms with E-state index in [-0.39, 0.29) is 0 Å². The summed E-state index contributed by atoms with van der Waals surface area (Å²) >= 11 is 0. The predicted molar refractivity (Wildman–Crippen MR) is 86.4 cm³/mol. The lowest BCUT2D eigenvalue weighted by molar-refractivity contribution is 0.215. The summed E-state index contributed by atoms with van der Waals surface area (Å²) in [5.74, 6) is 1.46. The van der Waals surface area contributed by atoms with E-state index in [1.165, 1.54) is 12.8 Å². The summed E-state index contributed by atoms with van der Waals surface area (Å²) in [5, 5.41) is 2.68. The van der Waals surface area contributed by atoms with Crippen molar-refractivity contribution in [3.05, 3.63) is 48.7 Å². The Hall–Kier alpha value is -2.56. The second-order valence-corrected chi connectivity index (χ2v) is 5.42. The van der Waals surface area contributed by atoms with Gasteiger partial charge in [0.05, 0.1) is 11.9 Å². The van der Waals surface area contributed by atoms with Gasteiger partial charge in [-0.2, -0.15) is 0 Å².